The van der Waals surface area contributed by atoms with Crippen molar-refractivity contribution in [1.29, 1.82) is 0 Å². The number of fused-ring (bicyclic) bond motifs is 1. The third kappa shape index (κ3) is 3.23. The zero-order chi connectivity index (χ0) is 17.2. The number of anilines is 1. The summed E-state index contributed by atoms with van der Waals surface area (Å²) in [6, 6.07) is 7.03. The van der Waals surface area contributed by atoms with Gasteiger partial charge in [0, 0.05) is 22.7 Å². The van der Waals surface area contributed by atoms with E-state index in [9.17, 15) is 9.59 Å². The monoisotopic (exact) mass is 327 g/mol. The molecule has 3 N–H and O–H groups in total. The molecule has 3 rings (SSSR count). The molecule has 0 unspecified atom stereocenters. The second-order valence-corrected chi connectivity index (χ2v) is 6.65. The zero-order valence-corrected chi connectivity index (χ0v) is 13.6. The van der Waals surface area contributed by atoms with Gasteiger partial charge in [0.25, 0.3) is 5.91 Å². The Kier molecular flexibility index (Phi) is 4.49. The lowest BCUT2D eigenvalue weighted by Gasteiger charge is -2.32. The van der Waals surface area contributed by atoms with Crippen LogP contribution in [0.1, 0.15) is 49.4 Å². The molecule has 24 heavy (non-hydrogen) atoms. The molecule has 1 aromatic carbocycles. The van der Waals surface area contributed by atoms with E-state index in [2.05, 4.69) is 10.3 Å². The fourth-order valence-corrected chi connectivity index (χ4v) is 3.24. The molecule has 2 aromatic rings. The van der Waals surface area contributed by atoms with Crippen LogP contribution >= 0.6 is 0 Å². The van der Waals surface area contributed by atoms with Gasteiger partial charge in [0.15, 0.2) is 0 Å². The van der Waals surface area contributed by atoms with Crippen LogP contribution in [0.4, 0.5) is 5.69 Å². The van der Waals surface area contributed by atoms with Gasteiger partial charge in [-0.05, 0) is 37.1 Å². The van der Waals surface area contributed by atoms with Gasteiger partial charge in [0.05, 0.1) is 11.1 Å². The number of benzene rings is 1. The van der Waals surface area contributed by atoms with E-state index in [1.807, 2.05) is 13.0 Å². The fraction of sp³-hybridized carbons (Fsp3) is 0.389. The summed E-state index contributed by atoms with van der Waals surface area (Å²) in [6.07, 6.45) is 6.59. The molecule has 0 spiro atoms. The summed E-state index contributed by atoms with van der Waals surface area (Å²) in [5.41, 5.74) is 2.93. The number of rotatable bonds is 3. The summed E-state index contributed by atoms with van der Waals surface area (Å²) in [6.45, 7) is 2.02. The minimum absolute atomic E-state index is 0.0405. The van der Waals surface area contributed by atoms with Crippen LogP contribution in [0.3, 0.4) is 0 Å². The Morgan fingerprint density at radius 2 is 1.92 bits per heavy atom. The van der Waals surface area contributed by atoms with Crippen molar-refractivity contribution in [2.45, 2.75) is 39.0 Å². The number of amides is 2. The minimum Gasteiger partial charge on any atom is -0.326 e. The number of pyridine rings is 1. The highest BCUT2D eigenvalue weighted by atomic mass is 16.5. The van der Waals surface area contributed by atoms with Gasteiger partial charge in [-0.25, -0.2) is 5.48 Å². The normalized spacial score (nSPS) is 16.6. The van der Waals surface area contributed by atoms with E-state index in [4.69, 9.17) is 5.21 Å². The fourth-order valence-electron chi connectivity index (χ4n) is 3.24. The number of nitrogens with one attached hydrogen (secondary N) is 2. The molecule has 1 fully saturated rings. The standard InChI is InChI=1S/C18H21N3O3/c1-18(7-3-2-4-8-18)17(23)20-14-5-6-15-12(10-14)9-13(11-19-15)16(22)21-24/h5-6,9-11,24H,2-4,7-8H2,1H3,(H,20,23)(H,21,22). The zero-order valence-electron chi connectivity index (χ0n) is 13.6. The Labute approximate surface area is 140 Å². The van der Waals surface area contributed by atoms with Crippen LogP contribution in [0.2, 0.25) is 0 Å². The molecule has 0 aliphatic heterocycles. The lowest BCUT2D eigenvalue weighted by molar-refractivity contribution is -0.126. The van der Waals surface area contributed by atoms with Crippen molar-refractivity contribution < 1.29 is 14.8 Å². The minimum atomic E-state index is -0.617. The largest absolute Gasteiger partial charge is 0.326 e. The number of nitrogens with zero attached hydrogens (tertiary/aromatic N) is 1. The van der Waals surface area contributed by atoms with E-state index in [0.717, 1.165) is 31.1 Å². The molecule has 0 saturated heterocycles. The Bertz CT molecular complexity index is 782. The van der Waals surface area contributed by atoms with E-state index < -0.39 is 5.91 Å². The predicted molar refractivity (Wildman–Crippen MR) is 90.8 cm³/mol. The highest BCUT2D eigenvalue weighted by Gasteiger charge is 2.34. The van der Waals surface area contributed by atoms with Crippen LogP contribution in [0, 0.1) is 5.41 Å². The van der Waals surface area contributed by atoms with Gasteiger partial charge >= 0.3 is 0 Å². The quantitative estimate of drug-likeness (QED) is 0.596. The van der Waals surface area contributed by atoms with E-state index >= 15 is 0 Å². The molecule has 0 radical (unpaired) electrons. The van der Waals surface area contributed by atoms with Gasteiger partial charge in [0.2, 0.25) is 5.91 Å². The molecule has 1 aliphatic carbocycles. The second-order valence-electron chi connectivity index (χ2n) is 6.65. The SMILES string of the molecule is CC1(C(=O)Nc2ccc3ncc(C(=O)NO)cc3c2)CCCCC1. The molecule has 1 aromatic heterocycles. The van der Waals surface area contributed by atoms with Gasteiger partial charge in [-0.3, -0.25) is 19.8 Å². The van der Waals surface area contributed by atoms with E-state index in [0.29, 0.717) is 11.2 Å². The summed E-state index contributed by atoms with van der Waals surface area (Å²) in [5, 5.41) is 12.4. The van der Waals surface area contributed by atoms with Crippen LogP contribution in [-0.4, -0.2) is 22.0 Å². The lowest BCUT2D eigenvalue weighted by atomic mass is 9.75. The molecule has 6 nitrogen and oxygen atoms in total. The van der Waals surface area contributed by atoms with Gasteiger partial charge in [-0.1, -0.05) is 26.2 Å². The summed E-state index contributed by atoms with van der Waals surface area (Å²) >= 11 is 0. The molecule has 0 atom stereocenters. The molecular formula is C18H21N3O3. The first-order chi connectivity index (χ1) is 11.5. The summed E-state index contributed by atoms with van der Waals surface area (Å²) in [4.78, 5) is 28.3. The van der Waals surface area contributed by atoms with Crippen molar-refractivity contribution in [2.24, 2.45) is 5.41 Å². The van der Waals surface area contributed by atoms with Gasteiger partial charge in [-0.15, -0.1) is 0 Å². The number of carbonyl (C=O) groups is 2. The van der Waals surface area contributed by atoms with Gasteiger partial charge < -0.3 is 5.32 Å². The topological polar surface area (TPSA) is 91.3 Å². The van der Waals surface area contributed by atoms with E-state index in [1.165, 1.54) is 12.6 Å². The van der Waals surface area contributed by atoms with Crippen LogP contribution < -0.4 is 10.8 Å². The predicted octanol–water partition coefficient (Wildman–Crippen LogP) is 3.26. The Balaban J connectivity index is 1.84. The van der Waals surface area contributed by atoms with Crippen molar-refractivity contribution in [3.63, 3.8) is 0 Å². The molecule has 6 heteroatoms. The molecule has 2 amide bonds. The Morgan fingerprint density at radius 3 is 2.62 bits per heavy atom. The van der Waals surface area contributed by atoms with Crippen molar-refractivity contribution in [2.75, 3.05) is 5.32 Å². The molecule has 1 saturated carbocycles. The van der Waals surface area contributed by atoms with Crippen LogP contribution in [-0.2, 0) is 4.79 Å². The maximum Gasteiger partial charge on any atom is 0.276 e. The Morgan fingerprint density at radius 1 is 1.17 bits per heavy atom. The van der Waals surface area contributed by atoms with Crippen LogP contribution in [0.25, 0.3) is 10.9 Å². The third-order valence-electron chi connectivity index (χ3n) is 4.81. The number of hydroxylamine groups is 1. The molecule has 1 heterocycles. The van der Waals surface area contributed by atoms with Gasteiger partial charge in [-0.2, -0.15) is 0 Å². The first-order valence-electron chi connectivity index (χ1n) is 8.17. The van der Waals surface area contributed by atoms with Crippen LogP contribution in [0.15, 0.2) is 30.5 Å². The number of hydrogen-bond donors (Lipinski definition) is 3. The molecular weight excluding hydrogens is 306 g/mol. The summed E-state index contributed by atoms with van der Waals surface area (Å²) in [5.74, 6) is -0.577. The summed E-state index contributed by atoms with van der Waals surface area (Å²) < 4.78 is 0. The van der Waals surface area contributed by atoms with E-state index in [-0.39, 0.29) is 16.9 Å². The average molecular weight is 327 g/mol. The number of carbonyl (C=O) groups excluding carboxylic acids is 2. The summed E-state index contributed by atoms with van der Waals surface area (Å²) in [7, 11) is 0. The van der Waals surface area contributed by atoms with Crippen molar-refractivity contribution in [3.8, 4) is 0 Å². The highest BCUT2D eigenvalue weighted by molar-refractivity contribution is 5.99. The smallest absolute Gasteiger partial charge is 0.276 e. The molecule has 126 valence electrons. The maximum atomic E-state index is 12.6. The van der Waals surface area contributed by atoms with Crippen molar-refractivity contribution in [1.82, 2.24) is 10.5 Å². The number of hydrogen-bond acceptors (Lipinski definition) is 4. The maximum absolute atomic E-state index is 12.6. The molecule has 0 bridgehead atoms. The highest BCUT2D eigenvalue weighted by Crippen LogP contribution is 2.36. The van der Waals surface area contributed by atoms with E-state index in [1.54, 1.807) is 23.7 Å². The number of aromatic nitrogens is 1. The van der Waals surface area contributed by atoms with Crippen molar-refractivity contribution in [3.05, 3.63) is 36.0 Å². The van der Waals surface area contributed by atoms with Crippen LogP contribution in [0.5, 0.6) is 0 Å². The third-order valence-corrected chi connectivity index (χ3v) is 4.81. The average Bonchev–Trinajstić information content (AvgIpc) is 2.61. The first-order valence-corrected chi connectivity index (χ1v) is 8.17. The van der Waals surface area contributed by atoms with Crippen molar-refractivity contribution >= 4 is 28.4 Å². The lowest BCUT2D eigenvalue weighted by Crippen LogP contribution is -2.35. The first kappa shape index (κ1) is 16.4. The second kappa shape index (κ2) is 6.57. The molecule has 1 aliphatic rings. The van der Waals surface area contributed by atoms with Gasteiger partial charge in [0.1, 0.15) is 0 Å². The Hall–Kier alpha value is -2.47.